The number of anilines is 1. The maximum Gasteiger partial charge on any atom is 0.162 e. The van der Waals surface area contributed by atoms with Crippen molar-refractivity contribution in [2.45, 2.75) is 25.6 Å². The summed E-state index contributed by atoms with van der Waals surface area (Å²) in [5, 5.41) is 3.38. The molecule has 30 heavy (non-hydrogen) atoms. The minimum atomic E-state index is -0.226. The molecular formula is C25H27N3O2. The number of aliphatic imine (C=N–C) groups is 1. The Balaban J connectivity index is 1.55. The van der Waals surface area contributed by atoms with Gasteiger partial charge in [0, 0.05) is 18.2 Å². The molecule has 3 aromatic rings. The molecule has 5 nitrogen and oxygen atoms in total. The molecule has 0 fully saturated rings. The van der Waals surface area contributed by atoms with Crippen LogP contribution < -0.4 is 20.5 Å². The zero-order valence-electron chi connectivity index (χ0n) is 17.1. The number of hydrogen-bond donors (Lipinski definition) is 2. The summed E-state index contributed by atoms with van der Waals surface area (Å²) in [6.07, 6.45) is -0.226. The molecule has 0 amide bonds. The predicted octanol–water partition coefficient (Wildman–Crippen LogP) is 4.40. The third-order valence-corrected chi connectivity index (χ3v) is 5.23. The highest BCUT2D eigenvalue weighted by Crippen LogP contribution is 2.32. The summed E-state index contributed by atoms with van der Waals surface area (Å²) >= 11 is 0. The van der Waals surface area contributed by atoms with Gasteiger partial charge in [0.15, 0.2) is 17.6 Å². The Kier molecular flexibility index (Phi) is 6.18. The van der Waals surface area contributed by atoms with Crippen LogP contribution in [0.15, 0.2) is 83.9 Å². The zero-order valence-corrected chi connectivity index (χ0v) is 17.1. The van der Waals surface area contributed by atoms with Gasteiger partial charge in [0.25, 0.3) is 0 Å². The van der Waals surface area contributed by atoms with Crippen LogP contribution in [0, 0.1) is 0 Å². The van der Waals surface area contributed by atoms with E-state index in [0.29, 0.717) is 18.1 Å². The van der Waals surface area contributed by atoms with Crippen molar-refractivity contribution in [3.63, 3.8) is 0 Å². The van der Waals surface area contributed by atoms with E-state index in [0.717, 1.165) is 30.2 Å². The van der Waals surface area contributed by atoms with Gasteiger partial charge in [0.05, 0.1) is 6.54 Å². The van der Waals surface area contributed by atoms with Crippen molar-refractivity contribution in [3.05, 3.63) is 90.0 Å². The van der Waals surface area contributed by atoms with Crippen LogP contribution in [0.2, 0.25) is 0 Å². The number of nitrogens with two attached hydrogens (primary N) is 1. The lowest BCUT2D eigenvalue weighted by molar-refractivity contribution is 0.215. The van der Waals surface area contributed by atoms with Crippen molar-refractivity contribution in [2.24, 2.45) is 4.99 Å². The summed E-state index contributed by atoms with van der Waals surface area (Å²) in [5.74, 6) is 2.43. The Morgan fingerprint density at radius 3 is 2.33 bits per heavy atom. The summed E-state index contributed by atoms with van der Waals surface area (Å²) in [7, 11) is 0. The van der Waals surface area contributed by atoms with Crippen molar-refractivity contribution in [1.29, 1.82) is 0 Å². The highest BCUT2D eigenvalue weighted by Gasteiger charge is 2.29. The summed E-state index contributed by atoms with van der Waals surface area (Å²) in [5.41, 5.74) is 8.77. The first kappa shape index (κ1) is 19.8. The molecule has 0 aliphatic carbocycles. The summed E-state index contributed by atoms with van der Waals surface area (Å²) < 4.78 is 12.6. The second kappa shape index (κ2) is 9.35. The third-order valence-electron chi connectivity index (χ3n) is 5.23. The highest BCUT2D eigenvalue weighted by molar-refractivity contribution is 5.89. The van der Waals surface area contributed by atoms with Crippen LogP contribution in [0.1, 0.15) is 24.0 Å². The van der Waals surface area contributed by atoms with Crippen molar-refractivity contribution in [3.8, 4) is 11.5 Å². The lowest BCUT2D eigenvalue weighted by Crippen LogP contribution is -2.39. The predicted molar refractivity (Wildman–Crippen MR) is 121 cm³/mol. The number of ether oxygens (including phenoxy) is 2. The number of hydrogen-bond acceptors (Lipinski definition) is 5. The van der Waals surface area contributed by atoms with Crippen molar-refractivity contribution in [2.75, 3.05) is 18.8 Å². The number of para-hydroxylation sites is 2. The van der Waals surface area contributed by atoms with E-state index in [9.17, 15) is 0 Å². The second-order valence-corrected chi connectivity index (χ2v) is 7.41. The fourth-order valence-corrected chi connectivity index (χ4v) is 3.51. The first-order chi connectivity index (χ1) is 14.7. The molecule has 0 radical (unpaired) electrons. The van der Waals surface area contributed by atoms with Crippen LogP contribution in [-0.2, 0) is 6.61 Å². The number of nitrogens with one attached hydrogen (secondary N) is 1. The Morgan fingerprint density at radius 2 is 1.63 bits per heavy atom. The molecule has 2 unspecified atom stereocenters. The normalized spacial score (nSPS) is 15.0. The lowest BCUT2D eigenvalue weighted by Gasteiger charge is -2.27. The molecule has 2 atom stereocenters. The highest BCUT2D eigenvalue weighted by atomic mass is 16.5. The Morgan fingerprint density at radius 1 is 0.933 bits per heavy atom. The van der Waals surface area contributed by atoms with E-state index in [1.165, 1.54) is 5.56 Å². The summed E-state index contributed by atoms with van der Waals surface area (Å²) in [4.78, 5) is 4.64. The van der Waals surface area contributed by atoms with Gasteiger partial charge in [-0.15, -0.1) is 0 Å². The minimum Gasteiger partial charge on any atom is -0.485 e. The molecular weight excluding hydrogens is 374 g/mol. The minimum absolute atomic E-state index is 0.126. The van der Waals surface area contributed by atoms with E-state index < -0.39 is 0 Å². The summed E-state index contributed by atoms with van der Waals surface area (Å²) in [6.45, 7) is 4.22. The molecule has 1 aliphatic rings. The molecule has 0 spiro atoms. The average Bonchev–Trinajstić information content (AvgIpc) is 3.32. The van der Waals surface area contributed by atoms with E-state index in [-0.39, 0.29) is 12.0 Å². The van der Waals surface area contributed by atoms with Crippen LogP contribution in [0.3, 0.4) is 0 Å². The molecule has 0 saturated carbocycles. The van der Waals surface area contributed by atoms with Crippen LogP contribution in [0.25, 0.3) is 0 Å². The number of rotatable bonds is 8. The van der Waals surface area contributed by atoms with Crippen LogP contribution in [-0.4, -0.2) is 25.0 Å². The molecule has 3 N–H and O–H groups in total. The van der Waals surface area contributed by atoms with Gasteiger partial charge in [0.1, 0.15) is 12.4 Å². The first-order valence-electron chi connectivity index (χ1n) is 10.3. The van der Waals surface area contributed by atoms with Gasteiger partial charge in [-0.1, -0.05) is 61.5 Å². The number of nitrogen functional groups attached to an aromatic ring is 1. The van der Waals surface area contributed by atoms with Gasteiger partial charge in [0.2, 0.25) is 0 Å². The molecule has 1 heterocycles. The maximum atomic E-state index is 6.52. The SMILES string of the molecule is CC(c1ccccc1)C(Oc1ccccc1OCc1ccc(N)cc1)C1=NCCN1. The monoisotopic (exact) mass is 401 g/mol. The molecule has 4 rings (SSSR count). The van der Waals surface area contributed by atoms with Crippen LogP contribution in [0.4, 0.5) is 5.69 Å². The van der Waals surface area contributed by atoms with E-state index >= 15 is 0 Å². The van der Waals surface area contributed by atoms with E-state index in [1.54, 1.807) is 0 Å². The van der Waals surface area contributed by atoms with Crippen molar-refractivity contribution >= 4 is 11.5 Å². The molecule has 0 saturated heterocycles. The van der Waals surface area contributed by atoms with Gasteiger partial charge in [-0.05, 0) is 35.4 Å². The van der Waals surface area contributed by atoms with Gasteiger partial charge in [-0.25, -0.2) is 0 Å². The van der Waals surface area contributed by atoms with Gasteiger partial charge in [-0.2, -0.15) is 0 Å². The van der Waals surface area contributed by atoms with E-state index in [4.69, 9.17) is 15.2 Å². The van der Waals surface area contributed by atoms with E-state index in [1.807, 2.05) is 54.6 Å². The fraction of sp³-hybridized carbons (Fsp3) is 0.240. The second-order valence-electron chi connectivity index (χ2n) is 7.41. The van der Waals surface area contributed by atoms with Gasteiger partial charge < -0.3 is 20.5 Å². The molecule has 0 bridgehead atoms. The molecule has 0 aromatic heterocycles. The van der Waals surface area contributed by atoms with Gasteiger partial charge in [-0.3, -0.25) is 4.99 Å². The average molecular weight is 402 g/mol. The first-order valence-corrected chi connectivity index (χ1v) is 10.3. The smallest absolute Gasteiger partial charge is 0.162 e. The maximum absolute atomic E-state index is 6.52. The van der Waals surface area contributed by atoms with Crippen molar-refractivity contribution in [1.82, 2.24) is 5.32 Å². The Labute approximate surface area is 177 Å². The Hall–Kier alpha value is -3.47. The molecule has 1 aliphatic heterocycles. The Bertz CT molecular complexity index is 987. The summed E-state index contributed by atoms with van der Waals surface area (Å²) in [6, 6.07) is 25.9. The topological polar surface area (TPSA) is 68.9 Å². The lowest BCUT2D eigenvalue weighted by atomic mass is 9.94. The third kappa shape index (κ3) is 4.74. The quantitative estimate of drug-likeness (QED) is 0.549. The molecule has 154 valence electrons. The van der Waals surface area contributed by atoms with Crippen molar-refractivity contribution < 1.29 is 9.47 Å². The zero-order chi connectivity index (χ0) is 20.8. The number of benzene rings is 3. The fourth-order valence-electron chi connectivity index (χ4n) is 3.51. The molecule has 5 heteroatoms. The van der Waals surface area contributed by atoms with Crippen LogP contribution in [0.5, 0.6) is 11.5 Å². The van der Waals surface area contributed by atoms with Gasteiger partial charge >= 0.3 is 0 Å². The molecule has 3 aromatic carbocycles. The van der Waals surface area contributed by atoms with Crippen LogP contribution >= 0.6 is 0 Å². The number of nitrogens with zero attached hydrogens (tertiary/aromatic N) is 1. The number of amidine groups is 1. The van der Waals surface area contributed by atoms with E-state index in [2.05, 4.69) is 41.5 Å². The largest absolute Gasteiger partial charge is 0.485 e. The standard InChI is InChI=1S/C25H27N3O2/c1-18(20-7-3-2-4-8-20)24(25-27-15-16-28-25)30-23-10-6-5-9-22(23)29-17-19-11-13-21(26)14-12-19/h2-14,18,24H,15-17,26H2,1H3,(H,27,28).